The van der Waals surface area contributed by atoms with Gasteiger partial charge in [0.15, 0.2) is 17.4 Å². The molecule has 0 bridgehead atoms. The minimum atomic E-state index is -4.81. The lowest BCUT2D eigenvalue weighted by molar-refractivity contribution is -0.141. The fourth-order valence-electron chi connectivity index (χ4n) is 6.94. The summed E-state index contributed by atoms with van der Waals surface area (Å²) in [7, 11) is 3.95. The van der Waals surface area contributed by atoms with Gasteiger partial charge in [0.1, 0.15) is 22.9 Å². The molecule has 1 fully saturated rings. The molecule has 1 aromatic heterocycles. The molecule has 1 aromatic carbocycles. The van der Waals surface area contributed by atoms with Gasteiger partial charge >= 0.3 is 6.18 Å². The van der Waals surface area contributed by atoms with Gasteiger partial charge < -0.3 is 14.6 Å². The highest BCUT2D eigenvalue weighted by Gasteiger charge is 2.58. The monoisotopic (exact) mass is 721 g/mol. The highest BCUT2D eigenvalue weighted by Crippen LogP contribution is 2.58. The van der Waals surface area contributed by atoms with Gasteiger partial charge in [-0.2, -0.15) is 18.2 Å². The zero-order valence-electron chi connectivity index (χ0n) is 24.3. The molecule has 15 heteroatoms. The molecule has 4 aliphatic rings. The maximum Gasteiger partial charge on any atom is 0.433 e. The number of phenols is 1. The minimum absolute atomic E-state index is 0.0277. The SMILES string of the molecule is COc1cc(O)cc(OC)c1C1C2=CCC3C(=O)N(N(C)c4nc(C(F)(F)F)ccc4Cl)C(=O)C3C2CC2=C1C(=O)C=C(Br)C2=O. The number of allylic oxidation sites excluding steroid dienone is 6. The van der Waals surface area contributed by atoms with Gasteiger partial charge in [-0.25, -0.2) is 4.98 Å². The van der Waals surface area contributed by atoms with E-state index in [1.54, 1.807) is 6.08 Å². The number of carbonyl (C=O) groups excluding carboxylic acids is 4. The first-order chi connectivity index (χ1) is 21.7. The molecule has 1 N–H and O–H groups in total. The first-order valence-electron chi connectivity index (χ1n) is 13.9. The molecular formula is C31H24BrClF3N3O7. The maximum absolute atomic E-state index is 14.2. The van der Waals surface area contributed by atoms with E-state index in [1.807, 2.05) is 0 Å². The number of nitrogens with zero attached hydrogens (tertiary/aromatic N) is 3. The van der Waals surface area contributed by atoms with Gasteiger partial charge in [-0.1, -0.05) is 23.3 Å². The maximum atomic E-state index is 14.2. The predicted octanol–water partition coefficient (Wildman–Crippen LogP) is 5.29. The highest BCUT2D eigenvalue weighted by molar-refractivity contribution is 9.12. The van der Waals surface area contributed by atoms with Crippen molar-refractivity contribution in [3.63, 3.8) is 0 Å². The number of alkyl halides is 3. The summed E-state index contributed by atoms with van der Waals surface area (Å²) in [5.74, 6) is -6.33. The van der Waals surface area contributed by atoms with Gasteiger partial charge in [-0.05, 0) is 46.8 Å². The number of phenolic OH excluding ortho intramolecular Hbond substituents is 1. The number of hydrazine groups is 1. The highest BCUT2D eigenvalue weighted by atomic mass is 79.9. The van der Waals surface area contributed by atoms with Crippen LogP contribution in [0.25, 0.3) is 0 Å². The second-order valence-electron chi connectivity index (χ2n) is 11.2. The van der Waals surface area contributed by atoms with Gasteiger partial charge in [-0.3, -0.25) is 24.2 Å². The van der Waals surface area contributed by atoms with Crippen LogP contribution >= 0.6 is 27.5 Å². The van der Waals surface area contributed by atoms with Crippen molar-refractivity contribution in [2.75, 3.05) is 26.3 Å². The number of hydrogen-bond acceptors (Lipinski definition) is 9. The zero-order valence-corrected chi connectivity index (χ0v) is 26.7. The van der Waals surface area contributed by atoms with Crippen LogP contribution in [-0.2, 0) is 25.4 Å². The molecule has 4 unspecified atom stereocenters. The van der Waals surface area contributed by atoms with E-state index in [0.717, 1.165) is 16.1 Å². The van der Waals surface area contributed by atoms with Crippen molar-refractivity contribution in [2.45, 2.75) is 24.9 Å². The fraction of sp³-hybridized carbons (Fsp3) is 0.323. The lowest BCUT2D eigenvalue weighted by Crippen LogP contribution is -2.46. The van der Waals surface area contributed by atoms with Crippen LogP contribution in [0.4, 0.5) is 19.0 Å². The van der Waals surface area contributed by atoms with E-state index in [-0.39, 0.29) is 50.7 Å². The van der Waals surface area contributed by atoms with Crippen LogP contribution in [0.2, 0.25) is 5.02 Å². The predicted molar refractivity (Wildman–Crippen MR) is 160 cm³/mol. The Bertz CT molecular complexity index is 1810. The molecule has 240 valence electrons. The van der Waals surface area contributed by atoms with E-state index in [1.165, 1.54) is 39.5 Å². The van der Waals surface area contributed by atoms with Crippen LogP contribution in [-0.4, -0.2) is 59.7 Å². The topological polar surface area (TPSA) is 126 Å². The Morgan fingerprint density at radius 2 is 1.72 bits per heavy atom. The van der Waals surface area contributed by atoms with Gasteiger partial charge in [0.2, 0.25) is 0 Å². The number of ketones is 2. The quantitative estimate of drug-likeness (QED) is 0.249. The number of aromatic hydroxyl groups is 1. The summed E-state index contributed by atoms with van der Waals surface area (Å²) in [6, 6.07) is 4.34. The Morgan fingerprint density at radius 3 is 2.33 bits per heavy atom. The number of anilines is 1. The third-order valence-corrected chi connectivity index (χ3v) is 9.73. The Kier molecular flexibility index (Phi) is 7.79. The summed E-state index contributed by atoms with van der Waals surface area (Å²) in [4.78, 5) is 58.7. The molecule has 4 atom stereocenters. The van der Waals surface area contributed by atoms with E-state index < -0.39 is 64.7 Å². The van der Waals surface area contributed by atoms with E-state index >= 15 is 0 Å². The van der Waals surface area contributed by atoms with E-state index in [0.29, 0.717) is 17.2 Å². The Hall–Kier alpha value is -4.17. The van der Waals surface area contributed by atoms with Crippen molar-refractivity contribution in [2.24, 2.45) is 17.8 Å². The van der Waals surface area contributed by atoms with Crippen molar-refractivity contribution >= 4 is 56.7 Å². The Morgan fingerprint density at radius 1 is 1.07 bits per heavy atom. The third kappa shape index (κ3) is 4.80. The van der Waals surface area contributed by atoms with Crippen LogP contribution in [0, 0.1) is 17.8 Å². The molecular weight excluding hydrogens is 699 g/mol. The van der Waals surface area contributed by atoms with Crippen molar-refractivity contribution in [3.05, 3.63) is 73.9 Å². The molecule has 6 rings (SSSR count). The molecule has 2 aromatic rings. The number of aromatic nitrogens is 1. The normalized spacial score (nSPS) is 24.3. The van der Waals surface area contributed by atoms with E-state index in [4.69, 9.17) is 21.1 Å². The first-order valence-corrected chi connectivity index (χ1v) is 15.1. The average molecular weight is 723 g/mol. The molecule has 10 nitrogen and oxygen atoms in total. The van der Waals surface area contributed by atoms with Gasteiger partial charge in [0, 0.05) is 47.9 Å². The molecule has 1 aliphatic heterocycles. The standard InChI is InChI=1S/C31H24BrClF3N3O7/c1-38(28-18(33)6-7-22(37-28)31(34,35)36)39-29(43)14-5-4-13-15(23(14)30(39)44)10-16-24(19(41)11-17(32)27(16)42)25(13)26-20(45-2)8-12(40)9-21(26)46-3/h4,6-9,11,14-15,23,25,40H,5,10H2,1-3H3. The number of benzene rings is 1. The smallest absolute Gasteiger partial charge is 0.433 e. The van der Waals surface area contributed by atoms with Gasteiger partial charge in [-0.15, -0.1) is 0 Å². The number of amides is 2. The van der Waals surface area contributed by atoms with Crippen LogP contribution in [0.15, 0.2) is 57.6 Å². The summed E-state index contributed by atoms with van der Waals surface area (Å²) in [6.07, 6.45) is -1.89. The molecule has 3 aliphatic carbocycles. The first kappa shape index (κ1) is 31.8. The summed E-state index contributed by atoms with van der Waals surface area (Å²) in [5, 5.41) is 11.8. The summed E-state index contributed by atoms with van der Waals surface area (Å²) < 4.78 is 51.6. The third-order valence-electron chi connectivity index (χ3n) is 8.85. The van der Waals surface area contributed by atoms with Crippen molar-refractivity contribution < 1.29 is 46.9 Å². The molecule has 2 amide bonds. The van der Waals surface area contributed by atoms with Crippen molar-refractivity contribution in [1.82, 2.24) is 9.99 Å². The number of carbonyl (C=O) groups is 4. The number of hydrogen-bond donors (Lipinski definition) is 1. The second-order valence-corrected chi connectivity index (χ2v) is 12.4. The van der Waals surface area contributed by atoms with Crippen LogP contribution < -0.4 is 14.5 Å². The van der Waals surface area contributed by atoms with Crippen LogP contribution in [0.3, 0.4) is 0 Å². The number of halogens is 5. The minimum Gasteiger partial charge on any atom is -0.508 e. The number of Topliss-reactive ketones (excluding diaryl/α,β-unsaturated/α-hetero) is 1. The summed E-state index contributed by atoms with van der Waals surface area (Å²) in [5.41, 5.74) is -0.0652. The van der Waals surface area contributed by atoms with Crippen molar-refractivity contribution in [1.29, 1.82) is 0 Å². The van der Waals surface area contributed by atoms with E-state index in [2.05, 4.69) is 20.9 Å². The molecule has 0 spiro atoms. The molecule has 0 radical (unpaired) electrons. The van der Waals surface area contributed by atoms with E-state index in [9.17, 15) is 37.5 Å². The van der Waals surface area contributed by atoms with Gasteiger partial charge in [0.25, 0.3) is 11.8 Å². The average Bonchev–Trinajstić information content (AvgIpc) is 3.27. The number of fused-ring (bicyclic) bond motifs is 3. The Balaban J connectivity index is 1.48. The number of pyridine rings is 1. The van der Waals surface area contributed by atoms with Crippen LogP contribution in [0.5, 0.6) is 17.2 Å². The lowest BCUT2D eigenvalue weighted by atomic mass is 9.59. The largest absolute Gasteiger partial charge is 0.508 e. The summed E-state index contributed by atoms with van der Waals surface area (Å²) >= 11 is 9.36. The summed E-state index contributed by atoms with van der Waals surface area (Å²) in [6.45, 7) is 0. The zero-order chi connectivity index (χ0) is 33.4. The lowest BCUT2D eigenvalue weighted by Gasteiger charge is -2.42. The van der Waals surface area contributed by atoms with Crippen molar-refractivity contribution in [3.8, 4) is 17.2 Å². The fourth-order valence-corrected chi connectivity index (χ4v) is 7.61. The van der Waals surface area contributed by atoms with Gasteiger partial charge in [0.05, 0.1) is 35.6 Å². The molecule has 46 heavy (non-hydrogen) atoms. The second kappa shape index (κ2) is 11.3. The number of methoxy groups -OCH3 is 2. The Labute approximate surface area is 273 Å². The molecule has 0 saturated carbocycles. The van der Waals surface area contributed by atoms with Crippen LogP contribution in [0.1, 0.15) is 30.0 Å². The molecule has 1 saturated heterocycles. The number of ether oxygens (including phenoxy) is 2. The molecule has 2 heterocycles. The number of imide groups is 1. The number of rotatable bonds is 5.